The maximum Gasteiger partial charge on any atom is 0.0793 e. The number of hydrogen-bond acceptors (Lipinski definition) is 5. The van der Waals surface area contributed by atoms with Crippen molar-refractivity contribution >= 4 is 0 Å². The van der Waals surface area contributed by atoms with Crippen LogP contribution in [0, 0.1) is 0 Å². The molecular formula is C20H33N3O2. The van der Waals surface area contributed by atoms with E-state index >= 15 is 0 Å². The molecule has 0 radical (unpaired) electrons. The van der Waals surface area contributed by atoms with Crippen LogP contribution in [0.1, 0.15) is 25.0 Å². The summed E-state index contributed by atoms with van der Waals surface area (Å²) in [6, 6.07) is 9.07. The lowest BCUT2D eigenvalue weighted by molar-refractivity contribution is 0.0149. The van der Waals surface area contributed by atoms with E-state index in [2.05, 4.69) is 45.9 Å². The highest BCUT2D eigenvalue weighted by Gasteiger charge is 2.26. The van der Waals surface area contributed by atoms with Crippen molar-refractivity contribution in [2.45, 2.75) is 45.1 Å². The zero-order valence-electron chi connectivity index (χ0n) is 15.6. The van der Waals surface area contributed by atoms with Gasteiger partial charge >= 0.3 is 0 Å². The molecule has 25 heavy (non-hydrogen) atoms. The fourth-order valence-electron chi connectivity index (χ4n) is 4.21. The van der Waals surface area contributed by atoms with Crippen LogP contribution in [0.2, 0.25) is 0 Å². The number of nitrogens with zero attached hydrogens (tertiary/aromatic N) is 3. The first-order valence-corrected chi connectivity index (χ1v) is 9.63. The number of aliphatic hydroxyl groups is 2. The number of fused-ring (bicyclic) bond motifs is 1. The molecule has 1 fully saturated rings. The van der Waals surface area contributed by atoms with E-state index in [-0.39, 0.29) is 12.2 Å². The Morgan fingerprint density at radius 1 is 1.00 bits per heavy atom. The molecule has 2 N–H and O–H groups in total. The highest BCUT2D eigenvalue weighted by molar-refractivity contribution is 5.29. The standard InChI is InChI=1S/C20H33N3O2/c1-16-11-22(9-10-23(16)12-17(2)24)15-20(25)14-21-8-7-18-5-3-4-6-19(18)13-21/h3-6,16-17,20,24-25H,7-15H2,1-2H3/t16-,17-,20+/m0/s1. The average molecular weight is 348 g/mol. The summed E-state index contributed by atoms with van der Waals surface area (Å²) >= 11 is 0. The van der Waals surface area contributed by atoms with Gasteiger partial charge in [-0.2, -0.15) is 0 Å². The van der Waals surface area contributed by atoms with E-state index in [0.29, 0.717) is 6.04 Å². The minimum Gasteiger partial charge on any atom is -0.392 e. The first-order valence-electron chi connectivity index (χ1n) is 9.63. The summed E-state index contributed by atoms with van der Waals surface area (Å²) in [7, 11) is 0. The molecular weight excluding hydrogens is 314 g/mol. The summed E-state index contributed by atoms with van der Waals surface area (Å²) < 4.78 is 0. The third kappa shape index (κ3) is 5.25. The van der Waals surface area contributed by atoms with Gasteiger partial charge in [0.15, 0.2) is 0 Å². The lowest BCUT2D eigenvalue weighted by atomic mass is 10.00. The van der Waals surface area contributed by atoms with Gasteiger partial charge < -0.3 is 10.2 Å². The summed E-state index contributed by atoms with van der Waals surface area (Å²) in [4.78, 5) is 7.08. The van der Waals surface area contributed by atoms with Gasteiger partial charge in [0.1, 0.15) is 0 Å². The Bertz CT molecular complexity index is 551. The van der Waals surface area contributed by atoms with Gasteiger partial charge in [0.2, 0.25) is 0 Å². The molecule has 1 aromatic rings. The van der Waals surface area contributed by atoms with Crippen LogP contribution in [0.15, 0.2) is 24.3 Å². The second-order valence-electron chi connectivity index (χ2n) is 7.86. The van der Waals surface area contributed by atoms with Crippen LogP contribution in [0.5, 0.6) is 0 Å². The summed E-state index contributed by atoms with van der Waals surface area (Å²) in [5, 5.41) is 20.1. The molecule has 1 saturated heterocycles. The van der Waals surface area contributed by atoms with Gasteiger partial charge in [-0.05, 0) is 31.4 Å². The van der Waals surface area contributed by atoms with E-state index < -0.39 is 0 Å². The second-order valence-corrected chi connectivity index (χ2v) is 7.86. The summed E-state index contributed by atoms with van der Waals surface area (Å²) in [5.74, 6) is 0. The van der Waals surface area contributed by atoms with Gasteiger partial charge in [-0.15, -0.1) is 0 Å². The zero-order valence-corrected chi connectivity index (χ0v) is 15.6. The highest BCUT2D eigenvalue weighted by Crippen LogP contribution is 2.19. The highest BCUT2D eigenvalue weighted by atomic mass is 16.3. The van der Waals surface area contributed by atoms with Crippen molar-refractivity contribution in [2.24, 2.45) is 0 Å². The normalized spacial score (nSPS) is 25.5. The summed E-state index contributed by atoms with van der Waals surface area (Å²) in [6.07, 6.45) is 0.500. The molecule has 2 aliphatic heterocycles. The predicted octanol–water partition coefficient (Wildman–Crippen LogP) is 0.793. The van der Waals surface area contributed by atoms with Crippen LogP contribution in [0.4, 0.5) is 0 Å². The summed E-state index contributed by atoms with van der Waals surface area (Å²) in [6.45, 7) is 11.2. The van der Waals surface area contributed by atoms with E-state index in [4.69, 9.17) is 0 Å². The number of aliphatic hydroxyl groups excluding tert-OH is 2. The molecule has 3 rings (SSSR count). The predicted molar refractivity (Wildman–Crippen MR) is 101 cm³/mol. The summed E-state index contributed by atoms with van der Waals surface area (Å²) in [5.41, 5.74) is 2.86. The first-order chi connectivity index (χ1) is 12.0. The Morgan fingerprint density at radius 2 is 1.72 bits per heavy atom. The second kappa shape index (κ2) is 8.60. The zero-order chi connectivity index (χ0) is 17.8. The van der Waals surface area contributed by atoms with Gasteiger partial charge in [-0.1, -0.05) is 24.3 Å². The number of hydrogen-bond donors (Lipinski definition) is 2. The van der Waals surface area contributed by atoms with Crippen molar-refractivity contribution in [1.82, 2.24) is 14.7 Å². The van der Waals surface area contributed by atoms with Crippen molar-refractivity contribution in [3.8, 4) is 0 Å². The largest absolute Gasteiger partial charge is 0.392 e. The smallest absolute Gasteiger partial charge is 0.0793 e. The molecule has 0 saturated carbocycles. The third-order valence-electron chi connectivity index (χ3n) is 5.50. The van der Waals surface area contributed by atoms with Gasteiger partial charge in [-0.25, -0.2) is 0 Å². The number of benzene rings is 1. The Balaban J connectivity index is 1.44. The van der Waals surface area contributed by atoms with Gasteiger partial charge in [0.25, 0.3) is 0 Å². The number of rotatable bonds is 6. The van der Waals surface area contributed by atoms with Crippen LogP contribution in [-0.2, 0) is 13.0 Å². The maximum absolute atomic E-state index is 10.6. The van der Waals surface area contributed by atoms with Crippen LogP contribution in [0.25, 0.3) is 0 Å². The van der Waals surface area contributed by atoms with Crippen molar-refractivity contribution in [1.29, 1.82) is 0 Å². The van der Waals surface area contributed by atoms with E-state index in [0.717, 1.165) is 58.8 Å². The molecule has 140 valence electrons. The Labute approximate surface area is 151 Å². The van der Waals surface area contributed by atoms with Crippen LogP contribution >= 0.6 is 0 Å². The molecule has 2 aliphatic rings. The van der Waals surface area contributed by atoms with Crippen molar-refractivity contribution in [3.63, 3.8) is 0 Å². The molecule has 0 spiro atoms. The van der Waals surface area contributed by atoms with E-state index in [1.165, 1.54) is 11.1 Å². The third-order valence-corrected chi connectivity index (χ3v) is 5.50. The molecule has 0 unspecified atom stereocenters. The number of β-amino-alcohol motifs (C(OH)–C–C–N with tert-alkyl or cyclic N) is 2. The molecule has 2 heterocycles. The van der Waals surface area contributed by atoms with Crippen molar-refractivity contribution in [3.05, 3.63) is 35.4 Å². The molecule has 0 aliphatic carbocycles. The van der Waals surface area contributed by atoms with E-state index in [1.54, 1.807) is 0 Å². The van der Waals surface area contributed by atoms with E-state index in [9.17, 15) is 10.2 Å². The average Bonchev–Trinajstić information content (AvgIpc) is 2.57. The van der Waals surface area contributed by atoms with Gasteiger partial charge in [0.05, 0.1) is 12.2 Å². The number of piperazine rings is 1. The van der Waals surface area contributed by atoms with Gasteiger partial charge in [0, 0.05) is 58.4 Å². The minimum absolute atomic E-state index is 0.276. The molecule has 5 nitrogen and oxygen atoms in total. The first kappa shape index (κ1) is 18.8. The van der Waals surface area contributed by atoms with Crippen LogP contribution in [-0.4, -0.2) is 89.0 Å². The molecule has 1 aromatic carbocycles. The lowest BCUT2D eigenvalue weighted by Crippen LogP contribution is -2.55. The Morgan fingerprint density at radius 3 is 2.44 bits per heavy atom. The van der Waals surface area contributed by atoms with Crippen molar-refractivity contribution in [2.75, 3.05) is 45.8 Å². The fraction of sp³-hybridized carbons (Fsp3) is 0.700. The lowest BCUT2D eigenvalue weighted by Gasteiger charge is -2.41. The van der Waals surface area contributed by atoms with E-state index in [1.807, 2.05) is 6.92 Å². The van der Waals surface area contributed by atoms with Crippen molar-refractivity contribution < 1.29 is 10.2 Å². The molecule has 0 aromatic heterocycles. The Kier molecular flexibility index (Phi) is 6.47. The molecule has 0 bridgehead atoms. The fourth-order valence-corrected chi connectivity index (χ4v) is 4.21. The topological polar surface area (TPSA) is 50.2 Å². The molecule has 5 heteroatoms. The molecule has 3 atom stereocenters. The SMILES string of the molecule is C[C@H](O)CN1CCN(C[C@H](O)CN2CCc3ccccc3C2)C[C@@H]1C. The monoisotopic (exact) mass is 347 g/mol. The Hall–Kier alpha value is -0.980. The van der Waals surface area contributed by atoms with Gasteiger partial charge in [-0.3, -0.25) is 14.7 Å². The maximum atomic E-state index is 10.6. The quantitative estimate of drug-likeness (QED) is 0.797. The van der Waals surface area contributed by atoms with Crippen LogP contribution < -0.4 is 0 Å². The molecule has 0 amide bonds. The minimum atomic E-state index is -0.305. The van der Waals surface area contributed by atoms with Crippen LogP contribution in [0.3, 0.4) is 0 Å².